The smallest absolute Gasteiger partial charge is 0.207 e. The van der Waals surface area contributed by atoms with E-state index in [1.54, 1.807) is 0 Å². The molecule has 0 atom stereocenters. The van der Waals surface area contributed by atoms with Gasteiger partial charge in [0.15, 0.2) is 0 Å². The fraction of sp³-hybridized carbons (Fsp3) is 0.364. The van der Waals surface area contributed by atoms with Crippen molar-refractivity contribution in [1.29, 1.82) is 5.26 Å². The summed E-state index contributed by atoms with van der Waals surface area (Å²) in [5.41, 5.74) is 2.01. The lowest BCUT2D eigenvalue weighted by Gasteiger charge is -2.08. The van der Waals surface area contributed by atoms with Crippen LogP contribution in [-0.2, 0) is 21.9 Å². The van der Waals surface area contributed by atoms with Crippen molar-refractivity contribution in [1.82, 2.24) is 0 Å². The number of benzene rings is 1. The van der Waals surface area contributed by atoms with E-state index in [0.717, 1.165) is 11.1 Å². The highest BCUT2D eigenvalue weighted by Gasteiger charge is 2.15. The molecule has 0 unspecified atom stereocenters. The Morgan fingerprint density at radius 1 is 1.25 bits per heavy atom. The van der Waals surface area contributed by atoms with Gasteiger partial charge in [0.1, 0.15) is 0 Å². The molecule has 0 radical (unpaired) electrons. The third kappa shape index (κ3) is 2.55. The molecule has 16 heavy (non-hydrogen) atoms. The Hall–Kier alpha value is -1.05. The van der Waals surface area contributed by atoms with Crippen molar-refractivity contribution in [2.45, 2.75) is 31.6 Å². The Balaban J connectivity index is 3.58. The standard InChI is InChI=1S/C11H12ClNO2S/c1-3-8-5-10(16(12,14)15)6-9(4-2)11(8)7-13/h5-6H,3-4H2,1-2H3. The summed E-state index contributed by atoms with van der Waals surface area (Å²) in [5.74, 6) is 0. The van der Waals surface area contributed by atoms with Crippen LogP contribution >= 0.6 is 10.7 Å². The Morgan fingerprint density at radius 2 is 1.69 bits per heavy atom. The van der Waals surface area contributed by atoms with E-state index in [1.807, 2.05) is 13.8 Å². The maximum Gasteiger partial charge on any atom is 0.261 e. The van der Waals surface area contributed by atoms with Crippen LogP contribution in [-0.4, -0.2) is 8.42 Å². The number of aryl methyl sites for hydroxylation is 2. The van der Waals surface area contributed by atoms with Crippen molar-refractivity contribution in [3.8, 4) is 6.07 Å². The van der Waals surface area contributed by atoms with Crippen LogP contribution in [0.5, 0.6) is 0 Å². The minimum absolute atomic E-state index is 0.0712. The van der Waals surface area contributed by atoms with E-state index >= 15 is 0 Å². The van der Waals surface area contributed by atoms with Crippen LogP contribution < -0.4 is 0 Å². The fourth-order valence-corrected chi connectivity index (χ4v) is 2.41. The van der Waals surface area contributed by atoms with Gasteiger partial charge in [-0.2, -0.15) is 5.26 Å². The average molecular weight is 258 g/mol. The number of rotatable bonds is 3. The summed E-state index contributed by atoms with van der Waals surface area (Å²) < 4.78 is 22.5. The lowest BCUT2D eigenvalue weighted by Crippen LogP contribution is -2.00. The fourth-order valence-electron chi connectivity index (χ4n) is 1.58. The summed E-state index contributed by atoms with van der Waals surface area (Å²) in [6, 6.07) is 5.05. The average Bonchev–Trinajstić information content (AvgIpc) is 2.25. The zero-order valence-electron chi connectivity index (χ0n) is 9.12. The van der Waals surface area contributed by atoms with E-state index in [9.17, 15) is 8.42 Å². The van der Waals surface area contributed by atoms with Gasteiger partial charge in [0.2, 0.25) is 0 Å². The lowest BCUT2D eigenvalue weighted by atomic mass is 9.99. The van der Waals surface area contributed by atoms with Crippen molar-refractivity contribution in [2.24, 2.45) is 0 Å². The second-order valence-electron chi connectivity index (χ2n) is 3.37. The number of nitrogens with zero attached hydrogens (tertiary/aromatic N) is 1. The molecule has 0 saturated heterocycles. The van der Waals surface area contributed by atoms with E-state index < -0.39 is 9.05 Å². The predicted molar refractivity (Wildman–Crippen MR) is 63.0 cm³/mol. The van der Waals surface area contributed by atoms with Gasteiger partial charge in [0, 0.05) is 10.7 Å². The first kappa shape index (κ1) is 13.0. The molecule has 1 rings (SSSR count). The molecule has 0 aromatic heterocycles. The molecule has 0 aliphatic carbocycles. The zero-order valence-corrected chi connectivity index (χ0v) is 10.7. The van der Waals surface area contributed by atoms with Gasteiger partial charge in [0.05, 0.1) is 16.5 Å². The van der Waals surface area contributed by atoms with Crippen LogP contribution in [0.2, 0.25) is 0 Å². The molecule has 0 aliphatic heterocycles. The van der Waals surface area contributed by atoms with Gasteiger partial charge in [-0.25, -0.2) is 8.42 Å². The number of halogens is 1. The molecule has 0 aliphatic rings. The van der Waals surface area contributed by atoms with E-state index in [1.165, 1.54) is 12.1 Å². The predicted octanol–water partition coefficient (Wildman–Crippen LogP) is 2.61. The maximum atomic E-state index is 11.3. The van der Waals surface area contributed by atoms with Crippen LogP contribution in [0.1, 0.15) is 30.5 Å². The van der Waals surface area contributed by atoms with Crippen LogP contribution in [0.3, 0.4) is 0 Å². The minimum Gasteiger partial charge on any atom is -0.207 e. The van der Waals surface area contributed by atoms with Gasteiger partial charge < -0.3 is 0 Å². The van der Waals surface area contributed by atoms with Crippen molar-refractivity contribution in [2.75, 3.05) is 0 Å². The molecule has 3 nitrogen and oxygen atoms in total. The molecule has 0 amide bonds. The largest absolute Gasteiger partial charge is 0.261 e. The van der Waals surface area contributed by atoms with Crippen LogP contribution in [0.15, 0.2) is 17.0 Å². The first-order valence-corrected chi connectivity index (χ1v) is 7.25. The molecule has 5 heteroatoms. The quantitative estimate of drug-likeness (QED) is 0.782. The summed E-state index contributed by atoms with van der Waals surface area (Å²) in [7, 11) is 1.57. The summed E-state index contributed by atoms with van der Waals surface area (Å²) in [6.45, 7) is 3.75. The highest BCUT2D eigenvalue weighted by Crippen LogP contribution is 2.23. The molecule has 86 valence electrons. The minimum atomic E-state index is -3.73. The van der Waals surface area contributed by atoms with E-state index in [4.69, 9.17) is 15.9 Å². The van der Waals surface area contributed by atoms with Crippen molar-refractivity contribution in [3.05, 3.63) is 28.8 Å². The SMILES string of the molecule is CCc1cc(S(=O)(=O)Cl)cc(CC)c1C#N. The third-order valence-electron chi connectivity index (χ3n) is 2.43. The molecule has 0 saturated carbocycles. The number of nitriles is 1. The van der Waals surface area contributed by atoms with Gasteiger partial charge in [-0.1, -0.05) is 13.8 Å². The van der Waals surface area contributed by atoms with E-state index in [2.05, 4.69) is 6.07 Å². The van der Waals surface area contributed by atoms with Gasteiger partial charge in [-0.15, -0.1) is 0 Å². The molecule has 0 fully saturated rings. The number of hydrogen-bond acceptors (Lipinski definition) is 3. The highest BCUT2D eigenvalue weighted by atomic mass is 35.7. The summed E-state index contributed by atoms with van der Waals surface area (Å²) in [4.78, 5) is 0.0712. The highest BCUT2D eigenvalue weighted by molar-refractivity contribution is 8.13. The Labute approximate surface area is 100 Å². The molecular weight excluding hydrogens is 246 g/mol. The topological polar surface area (TPSA) is 57.9 Å². The second kappa shape index (κ2) is 4.86. The summed E-state index contributed by atoms with van der Waals surface area (Å²) in [6.07, 6.45) is 1.21. The summed E-state index contributed by atoms with van der Waals surface area (Å²) in [5, 5.41) is 9.02. The maximum absolute atomic E-state index is 11.3. The zero-order chi connectivity index (χ0) is 12.3. The first-order chi connectivity index (χ1) is 7.43. The Kier molecular flexibility index (Phi) is 3.95. The second-order valence-corrected chi connectivity index (χ2v) is 5.94. The van der Waals surface area contributed by atoms with Gasteiger partial charge in [0.25, 0.3) is 9.05 Å². The van der Waals surface area contributed by atoms with Crippen LogP contribution in [0.4, 0.5) is 0 Å². The first-order valence-electron chi connectivity index (χ1n) is 4.94. The molecule has 0 spiro atoms. The van der Waals surface area contributed by atoms with Gasteiger partial charge in [-0.05, 0) is 36.1 Å². The molecule has 0 bridgehead atoms. The molecular formula is C11H12ClNO2S. The molecule has 1 aromatic rings. The normalized spacial score (nSPS) is 11.1. The number of hydrogen-bond donors (Lipinski definition) is 0. The van der Waals surface area contributed by atoms with Crippen LogP contribution in [0.25, 0.3) is 0 Å². The summed E-state index contributed by atoms with van der Waals surface area (Å²) >= 11 is 0. The Bertz CT molecular complexity index is 519. The third-order valence-corrected chi connectivity index (χ3v) is 3.76. The van der Waals surface area contributed by atoms with Gasteiger partial charge in [-0.3, -0.25) is 0 Å². The van der Waals surface area contributed by atoms with E-state index in [-0.39, 0.29) is 4.90 Å². The van der Waals surface area contributed by atoms with Crippen LogP contribution in [0, 0.1) is 11.3 Å². The van der Waals surface area contributed by atoms with Crippen molar-refractivity contribution >= 4 is 19.7 Å². The van der Waals surface area contributed by atoms with Gasteiger partial charge >= 0.3 is 0 Å². The van der Waals surface area contributed by atoms with E-state index in [0.29, 0.717) is 18.4 Å². The van der Waals surface area contributed by atoms with Crippen molar-refractivity contribution < 1.29 is 8.42 Å². The molecule has 1 aromatic carbocycles. The monoisotopic (exact) mass is 257 g/mol. The molecule has 0 heterocycles. The Morgan fingerprint density at radius 3 is 1.94 bits per heavy atom. The lowest BCUT2D eigenvalue weighted by molar-refractivity contribution is 0.609. The molecule has 0 N–H and O–H groups in total. The van der Waals surface area contributed by atoms with Crippen molar-refractivity contribution in [3.63, 3.8) is 0 Å².